The minimum absolute atomic E-state index is 0.0277. The largest absolute Gasteiger partial charge is 0.481 e. The molecule has 2 atom stereocenters. The summed E-state index contributed by atoms with van der Waals surface area (Å²) >= 11 is 0. The second-order valence-corrected chi connectivity index (χ2v) is 4.88. The molecule has 1 aliphatic heterocycles. The molecule has 112 valence electrons. The van der Waals surface area contributed by atoms with E-state index in [-0.39, 0.29) is 12.1 Å². The molecular weight excluding hydrogens is 270 g/mol. The number of ether oxygens (including phenoxy) is 2. The summed E-state index contributed by atoms with van der Waals surface area (Å²) in [5.74, 6) is 1.10. The number of rotatable bonds is 5. The fraction of sp³-hybridized carbons (Fsp3) is 0.500. The first-order valence-corrected chi connectivity index (χ1v) is 7.07. The summed E-state index contributed by atoms with van der Waals surface area (Å²) in [5.41, 5.74) is 1.08. The average Bonchev–Trinajstić information content (AvgIpc) is 3.16. The number of nitrogens with zero attached hydrogens (tertiary/aromatic N) is 4. The highest BCUT2D eigenvalue weighted by molar-refractivity contribution is 5.31. The number of hydrogen-bond donors (Lipinski definition) is 1. The second kappa shape index (κ2) is 6.09. The molecular formula is C14H19N5O2. The third-order valence-electron chi connectivity index (χ3n) is 3.55. The van der Waals surface area contributed by atoms with Gasteiger partial charge >= 0.3 is 0 Å². The number of methoxy groups -OCH3 is 1. The fourth-order valence-electron chi connectivity index (χ4n) is 2.46. The van der Waals surface area contributed by atoms with Gasteiger partial charge in [-0.05, 0) is 13.3 Å². The molecule has 1 fully saturated rings. The maximum absolute atomic E-state index is 5.84. The summed E-state index contributed by atoms with van der Waals surface area (Å²) in [4.78, 5) is 8.51. The first-order valence-electron chi connectivity index (χ1n) is 7.07. The van der Waals surface area contributed by atoms with Crippen LogP contribution in [0.2, 0.25) is 0 Å². The molecule has 7 heteroatoms. The monoisotopic (exact) mass is 289 g/mol. The first-order chi connectivity index (χ1) is 10.3. The summed E-state index contributed by atoms with van der Waals surface area (Å²) in [6.45, 7) is 3.62. The Morgan fingerprint density at radius 2 is 2.43 bits per heavy atom. The molecule has 0 bridgehead atoms. The quantitative estimate of drug-likeness (QED) is 0.902. The van der Waals surface area contributed by atoms with Crippen molar-refractivity contribution < 1.29 is 9.47 Å². The van der Waals surface area contributed by atoms with Gasteiger partial charge in [-0.2, -0.15) is 10.1 Å². The van der Waals surface area contributed by atoms with Crippen LogP contribution in [0.5, 0.6) is 5.88 Å². The SMILES string of the molecule is CCn1cc([C@H]2OCC[C@@H]2Nc2nccc(OC)n2)cn1. The van der Waals surface area contributed by atoms with Crippen LogP contribution in [0.3, 0.4) is 0 Å². The minimum atomic E-state index is -0.0277. The summed E-state index contributed by atoms with van der Waals surface area (Å²) in [6.07, 6.45) is 6.44. The summed E-state index contributed by atoms with van der Waals surface area (Å²) in [7, 11) is 1.59. The van der Waals surface area contributed by atoms with Crippen molar-refractivity contribution in [1.29, 1.82) is 0 Å². The first kappa shape index (κ1) is 13.8. The molecule has 2 aromatic rings. The molecule has 0 amide bonds. The Bertz CT molecular complexity index is 601. The molecule has 21 heavy (non-hydrogen) atoms. The molecule has 1 saturated heterocycles. The van der Waals surface area contributed by atoms with E-state index in [4.69, 9.17) is 9.47 Å². The predicted octanol–water partition coefficient (Wildman–Crippen LogP) is 1.64. The Balaban J connectivity index is 1.74. The Labute approximate surface area is 123 Å². The van der Waals surface area contributed by atoms with Gasteiger partial charge in [-0.3, -0.25) is 4.68 Å². The number of anilines is 1. The lowest BCUT2D eigenvalue weighted by atomic mass is 10.1. The van der Waals surface area contributed by atoms with E-state index in [1.54, 1.807) is 19.4 Å². The van der Waals surface area contributed by atoms with E-state index in [0.717, 1.165) is 18.5 Å². The van der Waals surface area contributed by atoms with Crippen molar-refractivity contribution in [3.05, 3.63) is 30.2 Å². The van der Waals surface area contributed by atoms with Crippen LogP contribution in [0.15, 0.2) is 24.7 Å². The van der Waals surface area contributed by atoms with E-state index >= 15 is 0 Å². The molecule has 0 spiro atoms. The van der Waals surface area contributed by atoms with Gasteiger partial charge in [0.2, 0.25) is 11.8 Å². The van der Waals surface area contributed by atoms with Gasteiger partial charge in [-0.15, -0.1) is 0 Å². The van der Waals surface area contributed by atoms with Gasteiger partial charge in [0.1, 0.15) is 6.10 Å². The van der Waals surface area contributed by atoms with Crippen molar-refractivity contribution in [2.75, 3.05) is 19.0 Å². The number of aromatic nitrogens is 4. The molecule has 0 aliphatic carbocycles. The van der Waals surface area contributed by atoms with Crippen LogP contribution in [0, 0.1) is 0 Å². The van der Waals surface area contributed by atoms with Gasteiger partial charge < -0.3 is 14.8 Å². The molecule has 3 heterocycles. The Morgan fingerprint density at radius 1 is 1.52 bits per heavy atom. The topological polar surface area (TPSA) is 74.1 Å². The van der Waals surface area contributed by atoms with Gasteiger partial charge in [-0.1, -0.05) is 0 Å². The van der Waals surface area contributed by atoms with Crippen LogP contribution in [0.1, 0.15) is 25.0 Å². The van der Waals surface area contributed by atoms with Crippen LogP contribution in [-0.2, 0) is 11.3 Å². The van der Waals surface area contributed by atoms with Crippen molar-refractivity contribution in [1.82, 2.24) is 19.7 Å². The van der Waals surface area contributed by atoms with Crippen molar-refractivity contribution in [2.45, 2.75) is 32.0 Å². The Kier molecular flexibility index (Phi) is 4.01. The van der Waals surface area contributed by atoms with Crippen LogP contribution in [0.4, 0.5) is 5.95 Å². The van der Waals surface area contributed by atoms with Gasteiger partial charge in [-0.25, -0.2) is 4.98 Å². The zero-order valence-electron chi connectivity index (χ0n) is 12.2. The summed E-state index contributed by atoms with van der Waals surface area (Å²) in [5, 5.41) is 7.63. The lowest BCUT2D eigenvalue weighted by Crippen LogP contribution is -2.24. The highest BCUT2D eigenvalue weighted by atomic mass is 16.5. The van der Waals surface area contributed by atoms with Crippen LogP contribution in [-0.4, -0.2) is 39.5 Å². The van der Waals surface area contributed by atoms with Crippen molar-refractivity contribution in [3.63, 3.8) is 0 Å². The number of nitrogens with one attached hydrogen (secondary N) is 1. The third-order valence-corrected chi connectivity index (χ3v) is 3.55. The molecule has 0 aromatic carbocycles. The van der Waals surface area contributed by atoms with E-state index in [1.807, 2.05) is 17.1 Å². The normalized spacial score (nSPS) is 21.4. The van der Waals surface area contributed by atoms with Gasteiger partial charge in [0, 0.05) is 37.2 Å². The van der Waals surface area contributed by atoms with Gasteiger partial charge in [0.25, 0.3) is 0 Å². The highest BCUT2D eigenvalue weighted by Gasteiger charge is 2.31. The fourth-order valence-corrected chi connectivity index (χ4v) is 2.46. The van der Waals surface area contributed by atoms with Gasteiger partial charge in [0.05, 0.1) is 19.3 Å². The third kappa shape index (κ3) is 2.97. The van der Waals surface area contributed by atoms with Crippen molar-refractivity contribution in [2.24, 2.45) is 0 Å². The molecule has 1 aliphatic rings. The maximum atomic E-state index is 5.84. The predicted molar refractivity (Wildman–Crippen MR) is 77.2 cm³/mol. The number of aryl methyl sites for hydroxylation is 1. The minimum Gasteiger partial charge on any atom is -0.481 e. The molecule has 0 saturated carbocycles. The summed E-state index contributed by atoms with van der Waals surface area (Å²) in [6, 6.07) is 1.85. The van der Waals surface area contributed by atoms with Crippen molar-refractivity contribution in [3.8, 4) is 5.88 Å². The summed E-state index contributed by atoms with van der Waals surface area (Å²) < 4.78 is 12.8. The average molecular weight is 289 g/mol. The lowest BCUT2D eigenvalue weighted by Gasteiger charge is -2.18. The molecule has 3 rings (SSSR count). The molecule has 0 radical (unpaired) electrons. The van der Waals surface area contributed by atoms with Crippen LogP contribution >= 0.6 is 0 Å². The van der Waals surface area contributed by atoms with E-state index in [1.165, 1.54) is 0 Å². The van der Waals surface area contributed by atoms with E-state index in [9.17, 15) is 0 Å². The van der Waals surface area contributed by atoms with Crippen LogP contribution < -0.4 is 10.1 Å². The molecule has 0 unspecified atom stereocenters. The lowest BCUT2D eigenvalue weighted by molar-refractivity contribution is 0.107. The van der Waals surface area contributed by atoms with Crippen LogP contribution in [0.25, 0.3) is 0 Å². The van der Waals surface area contributed by atoms with Gasteiger partial charge in [0.15, 0.2) is 0 Å². The number of hydrogen-bond acceptors (Lipinski definition) is 6. The van der Waals surface area contributed by atoms with E-state index in [2.05, 4.69) is 27.3 Å². The van der Waals surface area contributed by atoms with Crippen molar-refractivity contribution >= 4 is 5.95 Å². The standard InChI is InChI=1S/C14H19N5O2/c1-3-19-9-10(8-16-19)13-11(5-7-21-13)17-14-15-6-4-12(18-14)20-2/h4,6,8-9,11,13H,3,5,7H2,1-2H3,(H,15,17,18)/t11-,13+/m0/s1. The highest BCUT2D eigenvalue weighted by Crippen LogP contribution is 2.30. The molecule has 7 nitrogen and oxygen atoms in total. The van der Waals surface area contributed by atoms with E-state index < -0.39 is 0 Å². The Hall–Kier alpha value is -2.15. The molecule has 2 aromatic heterocycles. The zero-order valence-corrected chi connectivity index (χ0v) is 12.2. The maximum Gasteiger partial charge on any atom is 0.226 e. The molecule has 1 N–H and O–H groups in total. The smallest absolute Gasteiger partial charge is 0.226 e. The van der Waals surface area contributed by atoms with E-state index in [0.29, 0.717) is 18.4 Å². The second-order valence-electron chi connectivity index (χ2n) is 4.88. The Morgan fingerprint density at radius 3 is 3.19 bits per heavy atom. The zero-order chi connectivity index (χ0) is 14.7.